The summed E-state index contributed by atoms with van der Waals surface area (Å²) in [5.74, 6) is 1.39. The Kier molecular flexibility index (Phi) is 4.12. The van der Waals surface area contributed by atoms with E-state index in [1.54, 1.807) is 11.8 Å². The molecular formula is C8H12O2S. The smallest absolute Gasteiger partial charge is 0.306 e. The summed E-state index contributed by atoms with van der Waals surface area (Å²) in [6, 6.07) is 0. The molecule has 0 aliphatic carbocycles. The average Bonchev–Trinajstić information content (AvgIpc) is 2.03. The number of hydrogen-bond acceptors (Lipinski definition) is 3. The first-order valence-corrected chi connectivity index (χ1v) is 4.93. The lowest BCUT2D eigenvalue weighted by Gasteiger charge is -2.04. The van der Waals surface area contributed by atoms with Crippen LogP contribution in [0.1, 0.15) is 19.3 Å². The fourth-order valence-electron chi connectivity index (χ4n) is 0.846. The van der Waals surface area contributed by atoms with Gasteiger partial charge in [-0.2, -0.15) is 0 Å². The van der Waals surface area contributed by atoms with E-state index in [0.29, 0.717) is 12.4 Å². The molecule has 1 heterocycles. The van der Waals surface area contributed by atoms with E-state index in [9.17, 15) is 4.79 Å². The normalized spacial score (nSPS) is 23.8. The number of allylic oxidation sites excluding steroid dienone is 1. The molecule has 62 valence electrons. The number of hydrogen-bond donors (Lipinski definition) is 0. The SMILES string of the molecule is O=C1CCC/C=C\CSCO1. The van der Waals surface area contributed by atoms with Gasteiger partial charge in [0.05, 0.1) is 0 Å². The molecule has 0 saturated carbocycles. The molecule has 0 saturated heterocycles. The Labute approximate surface area is 71.0 Å². The first kappa shape index (κ1) is 8.65. The summed E-state index contributed by atoms with van der Waals surface area (Å²) in [4.78, 5) is 10.8. The van der Waals surface area contributed by atoms with Gasteiger partial charge in [-0.25, -0.2) is 0 Å². The van der Waals surface area contributed by atoms with Crippen LogP contribution in [0.3, 0.4) is 0 Å². The molecule has 1 aliphatic rings. The Morgan fingerprint density at radius 1 is 1.45 bits per heavy atom. The summed E-state index contributed by atoms with van der Waals surface area (Å²) in [5.41, 5.74) is 0. The third-order valence-corrected chi connectivity index (χ3v) is 2.15. The molecule has 0 atom stereocenters. The zero-order valence-corrected chi connectivity index (χ0v) is 7.23. The van der Waals surface area contributed by atoms with Gasteiger partial charge in [0.25, 0.3) is 0 Å². The highest BCUT2D eigenvalue weighted by atomic mass is 32.2. The molecule has 0 unspecified atom stereocenters. The lowest BCUT2D eigenvalue weighted by molar-refractivity contribution is -0.141. The molecule has 3 heteroatoms. The summed E-state index contributed by atoms with van der Waals surface area (Å²) < 4.78 is 4.91. The zero-order chi connectivity index (χ0) is 7.94. The number of cyclic esters (lactones) is 1. The summed E-state index contributed by atoms with van der Waals surface area (Å²) in [7, 11) is 0. The van der Waals surface area contributed by atoms with E-state index in [-0.39, 0.29) is 5.97 Å². The molecule has 0 spiro atoms. The van der Waals surface area contributed by atoms with Gasteiger partial charge in [-0.1, -0.05) is 12.2 Å². The van der Waals surface area contributed by atoms with E-state index in [2.05, 4.69) is 12.2 Å². The molecule has 0 N–H and O–H groups in total. The van der Waals surface area contributed by atoms with Gasteiger partial charge < -0.3 is 4.74 Å². The molecule has 0 aromatic carbocycles. The van der Waals surface area contributed by atoms with Gasteiger partial charge in [-0.05, 0) is 12.8 Å². The van der Waals surface area contributed by atoms with Crippen molar-refractivity contribution in [2.24, 2.45) is 0 Å². The predicted octanol–water partition coefficient (Wildman–Crippen LogP) is 1.96. The molecule has 2 nitrogen and oxygen atoms in total. The minimum Gasteiger partial charge on any atom is -0.455 e. The van der Waals surface area contributed by atoms with Crippen LogP contribution in [0.2, 0.25) is 0 Å². The maximum Gasteiger partial charge on any atom is 0.306 e. The summed E-state index contributed by atoms with van der Waals surface area (Å²) in [6.07, 6.45) is 6.73. The van der Waals surface area contributed by atoms with Crippen molar-refractivity contribution in [3.8, 4) is 0 Å². The molecule has 0 amide bonds. The largest absolute Gasteiger partial charge is 0.455 e. The minimum atomic E-state index is -0.0622. The molecule has 0 radical (unpaired) electrons. The topological polar surface area (TPSA) is 26.3 Å². The van der Waals surface area contributed by atoms with Gasteiger partial charge in [0, 0.05) is 12.2 Å². The second kappa shape index (κ2) is 5.24. The monoisotopic (exact) mass is 172 g/mol. The van der Waals surface area contributed by atoms with Gasteiger partial charge in [-0.3, -0.25) is 4.79 Å². The highest BCUT2D eigenvalue weighted by Gasteiger charge is 2.01. The van der Waals surface area contributed by atoms with E-state index in [4.69, 9.17) is 4.74 Å². The van der Waals surface area contributed by atoms with Crippen molar-refractivity contribution in [1.29, 1.82) is 0 Å². The highest BCUT2D eigenvalue weighted by molar-refractivity contribution is 7.99. The third kappa shape index (κ3) is 4.09. The second-order valence-corrected chi connectivity index (χ2v) is 3.35. The fraction of sp³-hybridized carbons (Fsp3) is 0.625. The average molecular weight is 172 g/mol. The van der Waals surface area contributed by atoms with Crippen LogP contribution in [0, 0.1) is 0 Å². The van der Waals surface area contributed by atoms with E-state index < -0.39 is 0 Å². The third-order valence-electron chi connectivity index (χ3n) is 1.44. The Balaban J connectivity index is 2.28. The van der Waals surface area contributed by atoms with Crippen molar-refractivity contribution in [1.82, 2.24) is 0 Å². The fourth-order valence-corrected chi connectivity index (χ4v) is 1.43. The van der Waals surface area contributed by atoms with Gasteiger partial charge in [0.15, 0.2) is 0 Å². The minimum absolute atomic E-state index is 0.0622. The second-order valence-electron chi connectivity index (χ2n) is 2.37. The van der Waals surface area contributed by atoms with Gasteiger partial charge in [0.1, 0.15) is 5.94 Å². The van der Waals surface area contributed by atoms with Crippen molar-refractivity contribution in [2.75, 3.05) is 11.7 Å². The van der Waals surface area contributed by atoms with Crippen molar-refractivity contribution in [2.45, 2.75) is 19.3 Å². The number of thioether (sulfide) groups is 1. The van der Waals surface area contributed by atoms with Crippen molar-refractivity contribution < 1.29 is 9.53 Å². The van der Waals surface area contributed by atoms with Crippen LogP contribution in [0.15, 0.2) is 12.2 Å². The predicted molar refractivity (Wildman–Crippen MR) is 46.4 cm³/mol. The van der Waals surface area contributed by atoms with Gasteiger partial charge in [0.2, 0.25) is 0 Å². The number of carbonyl (C=O) groups excluding carboxylic acids is 1. The van der Waals surface area contributed by atoms with Crippen molar-refractivity contribution in [3.63, 3.8) is 0 Å². The molecule has 1 rings (SSSR count). The maximum atomic E-state index is 10.8. The van der Waals surface area contributed by atoms with Crippen molar-refractivity contribution >= 4 is 17.7 Å². The first-order valence-electron chi connectivity index (χ1n) is 3.78. The molecule has 0 bridgehead atoms. The lowest BCUT2D eigenvalue weighted by atomic mass is 10.2. The molecule has 0 fully saturated rings. The number of ether oxygens (including phenoxy) is 1. The lowest BCUT2D eigenvalue weighted by Crippen LogP contribution is -2.04. The first-order chi connectivity index (χ1) is 5.39. The van der Waals surface area contributed by atoms with Crippen molar-refractivity contribution in [3.05, 3.63) is 12.2 Å². The number of esters is 1. The van der Waals surface area contributed by atoms with Gasteiger partial charge in [-0.15, -0.1) is 11.8 Å². The Morgan fingerprint density at radius 2 is 2.36 bits per heavy atom. The Morgan fingerprint density at radius 3 is 3.27 bits per heavy atom. The zero-order valence-electron chi connectivity index (χ0n) is 6.41. The highest BCUT2D eigenvalue weighted by Crippen LogP contribution is 2.07. The van der Waals surface area contributed by atoms with Crippen LogP contribution >= 0.6 is 11.8 Å². The quantitative estimate of drug-likeness (QED) is 0.413. The van der Waals surface area contributed by atoms with Crippen LogP contribution in [0.4, 0.5) is 0 Å². The molecule has 1 aliphatic heterocycles. The molecule has 0 aromatic heterocycles. The van der Waals surface area contributed by atoms with Crippen LogP contribution in [0.25, 0.3) is 0 Å². The summed E-state index contributed by atoms with van der Waals surface area (Å²) >= 11 is 1.63. The summed E-state index contributed by atoms with van der Waals surface area (Å²) in [5, 5.41) is 0. The van der Waals surface area contributed by atoms with Crippen LogP contribution in [-0.4, -0.2) is 17.7 Å². The molecule has 0 aromatic rings. The number of carbonyl (C=O) groups is 1. The van der Waals surface area contributed by atoms with E-state index in [1.165, 1.54) is 0 Å². The summed E-state index contributed by atoms with van der Waals surface area (Å²) in [6.45, 7) is 0. The Bertz CT molecular complexity index is 154. The molecular weight excluding hydrogens is 160 g/mol. The van der Waals surface area contributed by atoms with E-state index in [1.807, 2.05) is 0 Å². The van der Waals surface area contributed by atoms with Crippen LogP contribution < -0.4 is 0 Å². The van der Waals surface area contributed by atoms with Crippen LogP contribution in [0.5, 0.6) is 0 Å². The number of rotatable bonds is 0. The van der Waals surface area contributed by atoms with Crippen LogP contribution in [-0.2, 0) is 9.53 Å². The standard InChI is InChI=1S/C8H12O2S/c9-8-5-3-1-2-4-6-11-7-10-8/h2,4H,1,3,5-7H2/b4-2-. The van der Waals surface area contributed by atoms with Gasteiger partial charge >= 0.3 is 5.97 Å². The Hall–Kier alpha value is -0.440. The van der Waals surface area contributed by atoms with E-state index in [0.717, 1.165) is 18.6 Å². The maximum absolute atomic E-state index is 10.8. The molecule has 11 heavy (non-hydrogen) atoms. The van der Waals surface area contributed by atoms with E-state index >= 15 is 0 Å².